The first-order valence-electron chi connectivity index (χ1n) is 6.25. The smallest absolute Gasteiger partial charge is 0.216 e. The maximum atomic E-state index is 6.01. The zero-order valence-electron chi connectivity index (χ0n) is 10.1. The Hall–Kier alpha value is -2.09. The molecule has 0 saturated carbocycles. The molecule has 0 amide bonds. The van der Waals surface area contributed by atoms with Crippen molar-refractivity contribution in [2.75, 3.05) is 6.54 Å². The number of benzene rings is 2. The van der Waals surface area contributed by atoms with Crippen molar-refractivity contribution in [3.05, 3.63) is 71.8 Å². The number of nitrogens with zero attached hydrogens (tertiary/aromatic N) is 1. The molecule has 90 valence electrons. The SMILES string of the molecule is c1ccc(C2=NCC[C@@H](c3ccccc3)O2)cc1. The monoisotopic (exact) mass is 237 g/mol. The molecule has 1 aliphatic rings. The number of aliphatic imine (C=N–C) groups is 1. The Morgan fingerprint density at radius 2 is 1.56 bits per heavy atom. The molecule has 18 heavy (non-hydrogen) atoms. The van der Waals surface area contributed by atoms with Crippen molar-refractivity contribution in [1.29, 1.82) is 0 Å². The Labute approximate surface area is 107 Å². The molecule has 0 unspecified atom stereocenters. The predicted octanol–water partition coefficient (Wildman–Crippen LogP) is 3.59. The van der Waals surface area contributed by atoms with Crippen LogP contribution < -0.4 is 0 Å². The van der Waals surface area contributed by atoms with Crippen molar-refractivity contribution < 1.29 is 4.74 Å². The van der Waals surface area contributed by atoms with Crippen LogP contribution >= 0.6 is 0 Å². The van der Waals surface area contributed by atoms with E-state index in [0.29, 0.717) is 0 Å². The molecular formula is C16H15NO. The molecule has 1 heterocycles. The predicted molar refractivity (Wildman–Crippen MR) is 72.7 cm³/mol. The molecule has 0 saturated heterocycles. The van der Waals surface area contributed by atoms with E-state index in [-0.39, 0.29) is 6.10 Å². The summed E-state index contributed by atoms with van der Waals surface area (Å²) in [5.74, 6) is 0.760. The summed E-state index contributed by atoms with van der Waals surface area (Å²) in [5.41, 5.74) is 2.28. The van der Waals surface area contributed by atoms with Gasteiger partial charge in [-0.3, -0.25) is 4.99 Å². The number of ether oxygens (including phenoxy) is 1. The molecule has 1 aliphatic heterocycles. The third-order valence-corrected chi connectivity index (χ3v) is 3.09. The van der Waals surface area contributed by atoms with Gasteiger partial charge in [0.15, 0.2) is 0 Å². The van der Waals surface area contributed by atoms with Crippen LogP contribution in [0.2, 0.25) is 0 Å². The minimum absolute atomic E-state index is 0.124. The maximum absolute atomic E-state index is 6.01. The molecule has 1 atom stereocenters. The van der Waals surface area contributed by atoms with Gasteiger partial charge in [-0.05, 0) is 17.7 Å². The lowest BCUT2D eigenvalue weighted by molar-refractivity contribution is 0.170. The van der Waals surface area contributed by atoms with Crippen LogP contribution in [0.5, 0.6) is 0 Å². The van der Waals surface area contributed by atoms with Gasteiger partial charge in [0.1, 0.15) is 6.10 Å². The largest absolute Gasteiger partial charge is 0.469 e. The highest BCUT2D eigenvalue weighted by molar-refractivity contribution is 5.94. The van der Waals surface area contributed by atoms with Gasteiger partial charge in [0, 0.05) is 18.5 Å². The van der Waals surface area contributed by atoms with Crippen molar-refractivity contribution in [3.63, 3.8) is 0 Å². The molecule has 0 fully saturated rings. The number of rotatable bonds is 2. The lowest BCUT2D eigenvalue weighted by atomic mass is 10.1. The summed E-state index contributed by atoms with van der Waals surface area (Å²) < 4.78 is 6.01. The van der Waals surface area contributed by atoms with E-state index >= 15 is 0 Å². The summed E-state index contributed by atoms with van der Waals surface area (Å²) in [7, 11) is 0. The Bertz CT molecular complexity index is 534. The number of hydrogen-bond acceptors (Lipinski definition) is 2. The second-order valence-electron chi connectivity index (χ2n) is 4.36. The molecule has 0 aromatic heterocycles. The van der Waals surface area contributed by atoms with Gasteiger partial charge in [-0.15, -0.1) is 0 Å². The molecule has 2 nitrogen and oxygen atoms in total. The Balaban J connectivity index is 1.82. The lowest BCUT2D eigenvalue weighted by Gasteiger charge is -2.24. The van der Waals surface area contributed by atoms with Crippen LogP contribution in [0.1, 0.15) is 23.7 Å². The van der Waals surface area contributed by atoms with Gasteiger partial charge >= 0.3 is 0 Å². The van der Waals surface area contributed by atoms with Gasteiger partial charge in [-0.1, -0.05) is 48.5 Å². The van der Waals surface area contributed by atoms with E-state index in [1.54, 1.807) is 0 Å². The van der Waals surface area contributed by atoms with Crippen molar-refractivity contribution in [3.8, 4) is 0 Å². The topological polar surface area (TPSA) is 21.6 Å². The quantitative estimate of drug-likeness (QED) is 0.782. The molecule has 0 radical (unpaired) electrons. The summed E-state index contributed by atoms with van der Waals surface area (Å²) in [4.78, 5) is 4.47. The standard InChI is InChI=1S/C16H15NO/c1-3-7-13(8-4-1)15-11-12-17-16(18-15)14-9-5-2-6-10-14/h1-10,15H,11-12H2/t15-/m0/s1. The highest BCUT2D eigenvalue weighted by atomic mass is 16.5. The van der Waals surface area contributed by atoms with E-state index < -0.39 is 0 Å². The zero-order chi connectivity index (χ0) is 12.2. The minimum atomic E-state index is 0.124. The first kappa shape index (κ1) is 11.0. The molecule has 2 aromatic rings. The van der Waals surface area contributed by atoms with Crippen LogP contribution in [0, 0.1) is 0 Å². The molecule has 0 bridgehead atoms. The number of hydrogen-bond donors (Lipinski definition) is 0. The van der Waals surface area contributed by atoms with Gasteiger partial charge in [-0.2, -0.15) is 0 Å². The second-order valence-corrected chi connectivity index (χ2v) is 4.36. The van der Waals surface area contributed by atoms with Crippen LogP contribution in [0.25, 0.3) is 0 Å². The lowest BCUT2D eigenvalue weighted by Crippen LogP contribution is -2.19. The fraction of sp³-hybridized carbons (Fsp3) is 0.188. The van der Waals surface area contributed by atoms with Crippen LogP contribution in [0.15, 0.2) is 65.7 Å². The average molecular weight is 237 g/mol. The second kappa shape index (κ2) is 5.05. The van der Waals surface area contributed by atoms with Gasteiger partial charge < -0.3 is 4.74 Å². The molecule has 3 rings (SSSR count). The highest BCUT2D eigenvalue weighted by Crippen LogP contribution is 2.26. The summed E-state index contributed by atoms with van der Waals surface area (Å²) in [5, 5.41) is 0. The van der Waals surface area contributed by atoms with E-state index in [4.69, 9.17) is 4.74 Å². The molecule has 2 heteroatoms. The van der Waals surface area contributed by atoms with E-state index in [0.717, 1.165) is 24.4 Å². The van der Waals surface area contributed by atoms with Crippen molar-refractivity contribution in [2.45, 2.75) is 12.5 Å². The third kappa shape index (κ3) is 2.28. The van der Waals surface area contributed by atoms with Gasteiger partial charge in [0.2, 0.25) is 5.90 Å². The van der Waals surface area contributed by atoms with Gasteiger partial charge in [-0.25, -0.2) is 0 Å². The zero-order valence-corrected chi connectivity index (χ0v) is 10.1. The molecule has 0 aliphatic carbocycles. The Morgan fingerprint density at radius 3 is 2.28 bits per heavy atom. The molecular weight excluding hydrogens is 222 g/mol. The van der Waals surface area contributed by atoms with Crippen LogP contribution in [-0.2, 0) is 4.74 Å². The fourth-order valence-electron chi connectivity index (χ4n) is 2.16. The van der Waals surface area contributed by atoms with Crippen molar-refractivity contribution in [1.82, 2.24) is 0 Å². The van der Waals surface area contributed by atoms with E-state index in [9.17, 15) is 0 Å². The summed E-state index contributed by atoms with van der Waals surface area (Å²) in [6.45, 7) is 0.823. The van der Waals surface area contributed by atoms with Gasteiger partial charge in [0.25, 0.3) is 0 Å². The van der Waals surface area contributed by atoms with Crippen LogP contribution in [-0.4, -0.2) is 12.4 Å². The normalized spacial score (nSPS) is 18.9. The van der Waals surface area contributed by atoms with Crippen LogP contribution in [0.3, 0.4) is 0 Å². The minimum Gasteiger partial charge on any atom is -0.469 e. The summed E-state index contributed by atoms with van der Waals surface area (Å²) in [6, 6.07) is 20.4. The van der Waals surface area contributed by atoms with E-state index in [1.807, 2.05) is 48.5 Å². The fourth-order valence-corrected chi connectivity index (χ4v) is 2.16. The highest BCUT2D eigenvalue weighted by Gasteiger charge is 2.19. The Morgan fingerprint density at radius 1 is 0.889 bits per heavy atom. The summed E-state index contributed by atoms with van der Waals surface area (Å²) in [6.07, 6.45) is 1.07. The van der Waals surface area contributed by atoms with Crippen molar-refractivity contribution in [2.24, 2.45) is 4.99 Å². The first-order chi connectivity index (χ1) is 8.93. The Kier molecular flexibility index (Phi) is 3.09. The third-order valence-electron chi connectivity index (χ3n) is 3.09. The molecule has 0 spiro atoms. The van der Waals surface area contributed by atoms with Gasteiger partial charge in [0.05, 0.1) is 0 Å². The van der Waals surface area contributed by atoms with E-state index in [2.05, 4.69) is 17.1 Å². The van der Waals surface area contributed by atoms with E-state index in [1.165, 1.54) is 5.56 Å². The van der Waals surface area contributed by atoms with Crippen LogP contribution in [0.4, 0.5) is 0 Å². The average Bonchev–Trinajstić information content (AvgIpc) is 2.49. The molecule has 0 N–H and O–H groups in total. The maximum Gasteiger partial charge on any atom is 0.216 e. The summed E-state index contributed by atoms with van der Waals surface area (Å²) >= 11 is 0. The first-order valence-corrected chi connectivity index (χ1v) is 6.25. The van der Waals surface area contributed by atoms with Crippen molar-refractivity contribution >= 4 is 5.90 Å². The molecule has 2 aromatic carbocycles.